The molecule has 1 fully saturated rings. The van der Waals surface area contributed by atoms with Crippen molar-refractivity contribution in [1.82, 2.24) is 4.90 Å². The summed E-state index contributed by atoms with van der Waals surface area (Å²) in [5.41, 5.74) is 2.49. The van der Waals surface area contributed by atoms with E-state index >= 15 is 0 Å². The SMILES string of the molecule is O=C(c1ccc(Br)cc1)[C@@H]1CN(Cc2ccccc2)C[C@H]1C(=O)c1ccc(Br)cc1. The van der Waals surface area contributed by atoms with E-state index in [9.17, 15) is 9.59 Å². The molecule has 1 saturated heterocycles. The molecule has 4 rings (SSSR count). The summed E-state index contributed by atoms with van der Waals surface area (Å²) in [5, 5.41) is 0. The lowest BCUT2D eigenvalue weighted by molar-refractivity contribution is 0.0809. The minimum absolute atomic E-state index is 0.0357. The summed E-state index contributed by atoms with van der Waals surface area (Å²) < 4.78 is 1.86. The first kappa shape index (κ1) is 21.2. The predicted molar refractivity (Wildman–Crippen MR) is 126 cm³/mol. The Morgan fingerprint density at radius 1 is 0.700 bits per heavy atom. The van der Waals surface area contributed by atoms with Gasteiger partial charge in [-0.3, -0.25) is 14.5 Å². The number of likely N-dealkylation sites (tertiary alicyclic amines) is 1. The summed E-state index contributed by atoms with van der Waals surface area (Å²) in [6.07, 6.45) is 0. The van der Waals surface area contributed by atoms with Crippen LogP contribution >= 0.6 is 31.9 Å². The van der Waals surface area contributed by atoms with Gasteiger partial charge >= 0.3 is 0 Å². The Morgan fingerprint density at radius 2 is 1.13 bits per heavy atom. The highest BCUT2D eigenvalue weighted by atomic mass is 79.9. The number of halogens is 2. The van der Waals surface area contributed by atoms with Crippen molar-refractivity contribution in [3.8, 4) is 0 Å². The fourth-order valence-corrected chi connectivity index (χ4v) is 4.57. The van der Waals surface area contributed by atoms with Gasteiger partial charge in [0.25, 0.3) is 0 Å². The predicted octanol–water partition coefficient (Wildman–Crippen LogP) is 6.03. The van der Waals surface area contributed by atoms with Gasteiger partial charge in [0, 0.05) is 51.5 Å². The second-order valence-corrected chi connectivity index (χ2v) is 9.47. The molecule has 0 aromatic heterocycles. The van der Waals surface area contributed by atoms with Crippen LogP contribution in [0.5, 0.6) is 0 Å². The maximum absolute atomic E-state index is 13.4. The van der Waals surface area contributed by atoms with Crippen molar-refractivity contribution in [3.63, 3.8) is 0 Å². The smallest absolute Gasteiger partial charge is 0.168 e. The van der Waals surface area contributed by atoms with Crippen molar-refractivity contribution >= 4 is 43.4 Å². The first-order valence-electron chi connectivity index (χ1n) is 9.87. The third-order valence-electron chi connectivity index (χ3n) is 5.58. The van der Waals surface area contributed by atoms with E-state index in [2.05, 4.69) is 48.9 Å². The largest absolute Gasteiger partial charge is 0.298 e. The molecule has 3 nitrogen and oxygen atoms in total. The highest BCUT2D eigenvalue weighted by Crippen LogP contribution is 2.31. The number of carbonyl (C=O) groups excluding carboxylic acids is 2. The molecule has 3 aromatic rings. The van der Waals surface area contributed by atoms with Crippen LogP contribution in [0.25, 0.3) is 0 Å². The molecule has 0 N–H and O–H groups in total. The molecular weight excluding hydrogens is 506 g/mol. The summed E-state index contributed by atoms with van der Waals surface area (Å²) in [5.74, 6) is -0.640. The van der Waals surface area contributed by atoms with Gasteiger partial charge in [-0.2, -0.15) is 0 Å². The number of benzene rings is 3. The zero-order valence-corrected chi connectivity index (χ0v) is 19.5. The molecule has 1 aliphatic heterocycles. The van der Waals surface area contributed by atoms with E-state index < -0.39 is 0 Å². The van der Waals surface area contributed by atoms with E-state index in [1.165, 1.54) is 5.56 Å². The van der Waals surface area contributed by atoms with Crippen LogP contribution in [0.3, 0.4) is 0 Å². The van der Waals surface area contributed by atoms with Crippen LogP contribution in [0.4, 0.5) is 0 Å². The lowest BCUT2D eigenvalue weighted by Gasteiger charge is -2.16. The number of hydrogen-bond donors (Lipinski definition) is 0. The van der Waals surface area contributed by atoms with E-state index in [0.29, 0.717) is 24.2 Å². The maximum atomic E-state index is 13.4. The van der Waals surface area contributed by atoms with Crippen molar-refractivity contribution < 1.29 is 9.59 Å². The lowest BCUT2D eigenvalue weighted by Crippen LogP contribution is -2.29. The standard InChI is InChI=1S/C25H21Br2NO2/c26-20-10-6-18(7-11-20)24(29)22-15-28(14-17-4-2-1-3-5-17)16-23(22)25(30)19-8-12-21(27)13-9-19/h1-13,22-23H,14-16H2/t22-,23-/m1/s1. The summed E-state index contributed by atoms with van der Waals surface area (Å²) in [4.78, 5) is 28.9. The number of nitrogens with zero attached hydrogens (tertiary/aromatic N) is 1. The first-order chi connectivity index (χ1) is 14.5. The van der Waals surface area contributed by atoms with Gasteiger partial charge in [0.15, 0.2) is 11.6 Å². The summed E-state index contributed by atoms with van der Waals surface area (Å²) >= 11 is 6.84. The van der Waals surface area contributed by atoms with Crippen LogP contribution in [0, 0.1) is 11.8 Å². The van der Waals surface area contributed by atoms with Gasteiger partial charge in [-0.05, 0) is 29.8 Å². The van der Waals surface area contributed by atoms with Crippen LogP contribution in [-0.2, 0) is 6.54 Å². The maximum Gasteiger partial charge on any atom is 0.168 e. The van der Waals surface area contributed by atoms with E-state index in [1.54, 1.807) is 0 Å². The minimum Gasteiger partial charge on any atom is -0.298 e. The van der Waals surface area contributed by atoms with E-state index in [1.807, 2.05) is 66.7 Å². The molecule has 0 aliphatic carbocycles. The average molecular weight is 527 g/mol. The minimum atomic E-state index is -0.356. The van der Waals surface area contributed by atoms with Crippen LogP contribution in [0.1, 0.15) is 26.3 Å². The van der Waals surface area contributed by atoms with Crippen LogP contribution in [0.2, 0.25) is 0 Å². The molecule has 0 unspecified atom stereocenters. The molecule has 0 bridgehead atoms. The van der Waals surface area contributed by atoms with Crippen molar-refractivity contribution in [3.05, 3.63) is 104 Å². The van der Waals surface area contributed by atoms with Crippen molar-refractivity contribution in [2.75, 3.05) is 13.1 Å². The molecule has 0 spiro atoms. The third-order valence-corrected chi connectivity index (χ3v) is 6.63. The third kappa shape index (κ3) is 4.80. The quantitative estimate of drug-likeness (QED) is 0.368. The molecule has 152 valence electrons. The van der Waals surface area contributed by atoms with E-state index in [4.69, 9.17) is 0 Å². The average Bonchev–Trinajstić information content (AvgIpc) is 3.18. The first-order valence-corrected chi connectivity index (χ1v) is 11.5. The van der Waals surface area contributed by atoms with Crippen molar-refractivity contribution in [2.24, 2.45) is 11.8 Å². The molecule has 1 heterocycles. The monoisotopic (exact) mass is 525 g/mol. The number of rotatable bonds is 6. The molecule has 1 aliphatic rings. The van der Waals surface area contributed by atoms with Gasteiger partial charge in [-0.15, -0.1) is 0 Å². The molecule has 30 heavy (non-hydrogen) atoms. The molecule has 0 saturated carbocycles. The normalized spacial score (nSPS) is 19.0. The van der Waals surface area contributed by atoms with Crippen molar-refractivity contribution in [1.29, 1.82) is 0 Å². The van der Waals surface area contributed by atoms with Gasteiger partial charge in [0.1, 0.15) is 0 Å². The molecule has 0 radical (unpaired) electrons. The zero-order chi connectivity index (χ0) is 21.1. The second kappa shape index (κ2) is 9.38. The second-order valence-electron chi connectivity index (χ2n) is 7.63. The Labute approximate surface area is 193 Å². The number of ketones is 2. The number of hydrogen-bond acceptors (Lipinski definition) is 3. The summed E-state index contributed by atoms with van der Waals surface area (Å²) in [7, 11) is 0. The summed E-state index contributed by atoms with van der Waals surface area (Å²) in [6.45, 7) is 1.89. The molecule has 2 atom stereocenters. The number of carbonyl (C=O) groups is 2. The van der Waals surface area contributed by atoms with Gasteiger partial charge in [-0.25, -0.2) is 0 Å². The van der Waals surface area contributed by atoms with Gasteiger partial charge in [-0.1, -0.05) is 86.5 Å². The Hall–Kier alpha value is -2.08. The van der Waals surface area contributed by atoms with Gasteiger partial charge < -0.3 is 0 Å². The van der Waals surface area contributed by atoms with E-state index in [0.717, 1.165) is 15.5 Å². The zero-order valence-electron chi connectivity index (χ0n) is 16.3. The van der Waals surface area contributed by atoms with Gasteiger partial charge in [0.2, 0.25) is 0 Å². The van der Waals surface area contributed by atoms with Crippen molar-refractivity contribution in [2.45, 2.75) is 6.54 Å². The fraction of sp³-hybridized carbons (Fsp3) is 0.200. The Bertz CT molecular complexity index is 968. The van der Waals surface area contributed by atoms with Crippen LogP contribution < -0.4 is 0 Å². The summed E-state index contributed by atoms with van der Waals surface area (Å²) in [6, 6.07) is 25.0. The fourth-order valence-electron chi connectivity index (χ4n) is 4.04. The molecular formula is C25H21Br2NO2. The van der Waals surface area contributed by atoms with Crippen LogP contribution in [-0.4, -0.2) is 29.6 Å². The van der Waals surface area contributed by atoms with Crippen LogP contribution in [0.15, 0.2) is 87.8 Å². The Morgan fingerprint density at radius 3 is 1.57 bits per heavy atom. The highest BCUT2D eigenvalue weighted by molar-refractivity contribution is 9.10. The van der Waals surface area contributed by atoms with E-state index in [-0.39, 0.29) is 23.4 Å². The Balaban J connectivity index is 1.61. The lowest BCUT2D eigenvalue weighted by atomic mass is 9.83. The Kier molecular flexibility index (Phi) is 6.61. The number of Topliss-reactive ketones (excluding diaryl/α,β-unsaturated/α-hetero) is 2. The highest BCUT2D eigenvalue weighted by Gasteiger charge is 2.42. The topological polar surface area (TPSA) is 37.4 Å². The molecule has 3 aromatic carbocycles. The molecule has 0 amide bonds. The van der Waals surface area contributed by atoms with Gasteiger partial charge in [0.05, 0.1) is 0 Å². The molecule has 5 heteroatoms.